The molecule has 1 saturated heterocycles. The highest BCUT2D eigenvalue weighted by molar-refractivity contribution is 8.19. The van der Waals surface area contributed by atoms with Crippen molar-refractivity contribution in [3.05, 3.63) is 70.1 Å². The second-order valence-electron chi connectivity index (χ2n) is 6.86. The summed E-state index contributed by atoms with van der Waals surface area (Å²) >= 11 is 2.46. The number of aryl methyl sites for hydroxylation is 2. The van der Waals surface area contributed by atoms with Crippen LogP contribution in [0, 0.1) is 12.3 Å². The molecule has 0 atom stereocenters. The van der Waals surface area contributed by atoms with Crippen molar-refractivity contribution >= 4 is 56.3 Å². The SMILES string of the molecule is Cc1nnc(N2C(=N)SC(=Cc3c(-c4ccccc4)n(C)c4ccccc34)C2=O)s1. The van der Waals surface area contributed by atoms with Crippen molar-refractivity contribution in [2.45, 2.75) is 6.92 Å². The van der Waals surface area contributed by atoms with Crippen LogP contribution < -0.4 is 4.90 Å². The first-order valence-corrected chi connectivity index (χ1v) is 10.9. The average molecular weight is 432 g/mol. The van der Waals surface area contributed by atoms with Crippen LogP contribution in [0.4, 0.5) is 5.13 Å². The van der Waals surface area contributed by atoms with E-state index in [1.807, 2.05) is 50.4 Å². The number of fused-ring (bicyclic) bond motifs is 1. The summed E-state index contributed by atoms with van der Waals surface area (Å²) in [5.41, 5.74) is 4.17. The van der Waals surface area contributed by atoms with E-state index in [0.29, 0.717) is 10.0 Å². The number of amidine groups is 1. The quantitative estimate of drug-likeness (QED) is 0.460. The van der Waals surface area contributed by atoms with Gasteiger partial charge in [-0.25, -0.2) is 4.90 Å². The number of hydrogen-bond acceptors (Lipinski definition) is 6. The van der Waals surface area contributed by atoms with Crippen LogP contribution in [0.2, 0.25) is 0 Å². The van der Waals surface area contributed by atoms with E-state index in [1.165, 1.54) is 16.2 Å². The van der Waals surface area contributed by atoms with Crippen LogP contribution in [0.5, 0.6) is 0 Å². The van der Waals surface area contributed by atoms with Crippen LogP contribution in [0.15, 0.2) is 59.5 Å². The number of hydrogen-bond donors (Lipinski definition) is 1. The topological polar surface area (TPSA) is 74.9 Å². The zero-order valence-electron chi connectivity index (χ0n) is 16.3. The molecule has 6 nitrogen and oxygen atoms in total. The van der Waals surface area contributed by atoms with Crippen LogP contribution in [-0.2, 0) is 11.8 Å². The van der Waals surface area contributed by atoms with Crippen LogP contribution in [0.1, 0.15) is 10.6 Å². The predicted molar refractivity (Wildman–Crippen MR) is 124 cm³/mol. The molecule has 0 unspecified atom stereocenters. The summed E-state index contributed by atoms with van der Waals surface area (Å²) in [5.74, 6) is -0.243. The fourth-order valence-electron chi connectivity index (χ4n) is 3.68. The Labute approximate surface area is 181 Å². The highest BCUT2D eigenvalue weighted by Crippen LogP contribution is 2.40. The normalized spacial score (nSPS) is 15.7. The van der Waals surface area contributed by atoms with Gasteiger partial charge in [0.15, 0.2) is 5.17 Å². The van der Waals surface area contributed by atoms with Gasteiger partial charge in [0.2, 0.25) is 5.13 Å². The second-order valence-corrected chi connectivity index (χ2v) is 9.06. The smallest absolute Gasteiger partial charge is 0.273 e. The Balaban J connectivity index is 1.68. The molecule has 3 heterocycles. The molecule has 0 aliphatic carbocycles. The maximum absolute atomic E-state index is 13.1. The third-order valence-corrected chi connectivity index (χ3v) is 6.71. The number of nitrogens with one attached hydrogen (secondary N) is 1. The highest BCUT2D eigenvalue weighted by atomic mass is 32.2. The molecule has 0 saturated carbocycles. The highest BCUT2D eigenvalue weighted by Gasteiger charge is 2.36. The van der Waals surface area contributed by atoms with Crippen molar-refractivity contribution in [1.29, 1.82) is 5.41 Å². The predicted octanol–water partition coefficient (Wildman–Crippen LogP) is 5.06. The fraction of sp³-hybridized carbons (Fsp3) is 0.0909. The Morgan fingerprint density at radius 3 is 2.50 bits per heavy atom. The van der Waals surface area contributed by atoms with E-state index in [1.54, 1.807) is 0 Å². The molecular formula is C22H17N5OS2. The summed E-state index contributed by atoms with van der Waals surface area (Å²) in [6, 6.07) is 18.3. The standard InChI is InChI=1S/C22H17N5OS2/c1-13-24-25-22(29-13)27-20(28)18(30-21(27)23)12-16-15-10-6-7-11-17(15)26(2)19(16)14-8-4-3-5-9-14/h3-12,23H,1-2H3. The summed E-state index contributed by atoms with van der Waals surface area (Å²) in [7, 11) is 2.04. The van der Waals surface area contributed by atoms with E-state index in [2.05, 4.69) is 39.0 Å². The van der Waals surface area contributed by atoms with E-state index in [4.69, 9.17) is 5.41 Å². The fourth-order valence-corrected chi connectivity index (χ4v) is 5.26. The van der Waals surface area contributed by atoms with Gasteiger partial charge in [0.25, 0.3) is 5.91 Å². The van der Waals surface area contributed by atoms with Crippen molar-refractivity contribution in [2.24, 2.45) is 7.05 Å². The first-order valence-electron chi connectivity index (χ1n) is 9.30. The number of anilines is 1. The van der Waals surface area contributed by atoms with Crippen molar-refractivity contribution in [3.8, 4) is 11.3 Å². The van der Waals surface area contributed by atoms with E-state index in [9.17, 15) is 4.79 Å². The molecule has 30 heavy (non-hydrogen) atoms. The van der Waals surface area contributed by atoms with Crippen molar-refractivity contribution in [1.82, 2.24) is 14.8 Å². The van der Waals surface area contributed by atoms with Gasteiger partial charge in [-0.15, -0.1) is 10.2 Å². The summed E-state index contributed by atoms with van der Waals surface area (Å²) in [5, 5.41) is 18.8. The summed E-state index contributed by atoms with van der Waals surface area (Å²) in [6.07, 6.45) is 1.90. The van der Waals surface area contributed by atoms with E-state index >= 15 is 0 Å². The largest absolute Gasteiger partial charge is 0.343 e. The molecule has 2 aromatic carbocycles. The third kappa shape index (κ3) is 2.96. The maximum atomic E-state index is 13.1. The Morgan fingerprint density at radius 1 is 1.03 bits per heavy atom. The van der Waals surface area contributed by atoms with Gasteiger partial charge in [-0.1, -0.05) is 59.9 Å². The van der Waals surface area contributed by atoms with Gasteiger partial charge >= 0.3 is 0 Å². The first-order chi connectivity index (χ1) is 14.5. The number of thioether (sulfide) groups is 1. The number of amides is 1. The lowest BCUT2D eigenvalue weighted by Gasteiger charge is -2.08. The summed E-state index contributed by atoms with van der Waals surface area (Å²) < 4.78 is 2.15. The molecular weight excluding hydrogens is 414 g/mol. The van der Waals surface area contributed by atoms with Gasteiger partial charge in [0.1, 0.15) is 5.01 Å². The van der Waals surface area contributed by atoms with E-state index in [0.717, 1.165) is 44.5 Å². The maximum Gasteiger partial charge on any atom is 0.273 e. The molecule has 0 spiro atoms. The molecule has 0 radical (unpaired) electrons. The van der Waals surface area contributed by atoms with Crippen molar-refractivity contribution in [2.75, 3.05) is 4.90 Å². The Kier molecular flexibility index (Phi) is 4.52. The lowest BCUT2D eigenvalue weighted by Crippen LogP contribution is -2.27. The monoisotopic (exact) mass is 431 g/mol. The summed E-state index contributed by atoms with van der Waals surface area (Å²) in [4.78, 5) is 15.0. The van der Waals surface area contributed by atoms with E-state index < -0.39 is 0 Å². The van der Waals surface area contributed by atoms with Gasteiger partial charge in [-0.3, -0.25) is 10.2 Å². The molecule has 1 aliphatic rings. The van der Waals surface area contributed by atoms with Gasteiger partial charge in [-0.05, 0) is 36.4 Å². The lowest BCUT2D eigenvalue weighted by atomic mass is 10.0. The number of carbonyl (C=O) groups excluding carboxylic acids is 1. The van der Waals surface area contributed by atoms with Gasteiger partial charge in [0, 0.05) is 23.5 Å². The Bertz CT molecular complexity index is 1340. The molecule has 0 bridgehead atoms. The van der Waals surface area contributed by atoms with Gasteiger partial charge < -0.3 is 4.57 Å². The first kappa shape index (κ1) is 18.8. The number of nitrogens with zero attached hydrogens (tertiary/aromatic N) is 4. The summed E-state index contributed by atoms with van der Waals surface area (Å²) in [6.45, 7) is 1.83. The third-order valence-electron chi connectivity index (χ3n) is 5.00. The van der Waals surface area contributed by atoms with Crippen LogP contribution in [-0.4, -0.2) is 25.8 Å². The van der Waals surface area contributed by atoms with Crippen LogP contribution in [0.3, 0.4) is 0 Å². The Hall–Kier alpha value is -3.23. The molecule has 148 valence electrons. The number of aromatic nitrogens is 3. The molecule has 2 aromatic heterocycles. The molecule has 8 heteroatoms. The van der Waals surface area contributed by atoms with Crippen LogP contribution in [0.25, 0.3) is 28.2 Å². The van der Waals surface area contributed by atoms with Gasteiger partial charge in [0.05, 0.1) is 10.6 Å². The average Bonchev–Trinajstić information content (AvgIpc) is 3.38. The lowest BCUT2D eigenvalue weighted by molar-refractivity contribution is -0.113. The molecule has 1 aliphatic heterocycles. The van der Waals surface area contributed by atoms with Crippen LogP contribution >= 0.6 is 23.1 Å². The van der Waals surface area contributed by atoms with Crippen molar-refractivity contribution < 1.29 is 4.79 Å². The number of benzene rings is 2. The van der Waals surface area contributed by atoms with E-state index in [-0.39, 0.29) is 11.1 Å². The minimum atomic E-state index is -0.243. The number of rotatable bonds is 3. The molecule has 4 aromatic rings. The molecule has 1 N–H and O–H groups in total. The zero-order chi connectivity index (χ0) is 20.8. The molecule has 1 amide bonds. The minimum Gasteiger partial charge on any atom is -0.343 e. The molecule has 5 rings (SSSR count). The minimum absolute atomic E-state index is 0.142. The Morgan fingerprint density at radius 2 is 1.77 bits per heavy atom. The zero-order valence-corrected chi connectivity index (χ0v) is 17.9. The number of carbonyl (C=O) groups is 1. The van der Waals surface area contributed by atoms with Crippen molar-refractivity contribution in [3.63, 3.8) is 0 Å². The molecule has 1 fully saturated rings. The second kappa shape index (κ2) is 7.23. The number of para-hydroxylation sites is 1. The van der Waals surface area contributed by atoms with Gasteiger partial charge in [-0.2, -0.15) is 0 Å².